The molecule has 0 radical (unpaired) electrons. The summed E-state index contributed by atoms with van der Waals surface area (Å²) >= 11 is 3.63. The van der Waals surface area contributed by atoms with Crippen LogP contribution >= 0.6 is 15.9 Å². The summed E-state index contributed by atoms with van der Waals surface area (Å²) in [6, 6.07) is 0.308. The van der Waals surface area contributed by atoms with E-state index in [1.54, 1.807) is 0 Å². The standard InChI is InChI=1S/C14H27BrN4/c1-5-7-8-11(6-2)12(17-16)9-13-14(15)10(3)18-19(13)4/h11-12,17H,5-9,16H2,1-4H3. The molecule has 1 aromatic rings. The Morgan fingerprint density at radius 2 is 2.11 bits per heavy atom. The molecule has 0 aliphatic rings. The van der Waals surface area contributed by atoms with Gasteiger partial charge in [-0.1, -0.05) is 33.1 Å². The lowest BCUT2D eigenvalue weighted by Crippen LogP contribution is -2.42. The maximum absolute atomic E-state index is 5.78. The van der Waals surface area contributed by atoms with Crippen molar-refractivity contribution in [1.82, 2.24) is 15.2 Å². The van der Waals surface area contributed by atoms with E-state index in [0.717, 1.165) is 23.0 Å². The van der Waals surface area contributed by atoms with E-state index in [0.29, 0.717) is 12.0 Å². The largest absolute Gasteiger partial charge is 0.271 e. The summed E-state index contributed by atoms with van der Waals surface area (Å²) < 4.78 is 3.07. The van der Waals surface area contributed by atoms with Crippen molar-refractivity contribution in [2.75, 3.05) is 0 Å². The second-order valence-corrected chi connectivity index (χ2v) is 6.05. The van der Waals surface area contributed by atoms with E-state index in [1.165, 1.54) is 25.0 Å². The van der Waals surface area contributed by atoms with Gasteiger partial charge in [0.15, 0.2) is 0 Å². The summed E-state index contributed by atoms with van der Waals surface area (Å²) in [5.41, 5.74) is 5.27. The molecule has 0 aliphatic carbocycles. The quantitative estimate of drug-likeness (QED) is 0.568. The number of aryl methyl sites for hydroxylation is 2. The van der Waals surface area contributed by atoms with Crippen molar-refractivity contribution >= 4 is 15.9 Å². The van der Waals surface area contributed by atoms with Crippen molar-refractivity contribution in [1.29, 1.82) is 0 Å². The molecule has 3 N–H and O–H groups in total. The fourth-order valence-corrected chi connectivity index (χ4v) is 3.13. The molecule has 0 saturated carbocycles. The summed E-state index contributed by atoms with van der Waals surface area (Å²) in [5, 5.41) is 4.45. The minimum absolute atomic E-state index is 0.308. The first-order chi connectivity index (χ1) is 9.04. The number of unbranched alkanes of at least 4 members (excludes halogenated alkanes) is 1. The summed E-state index contributed by atoms with van der Waals surface area (Å²) in [7, 11) is 1.99. The number of rotatable bonds is 8. The van der Waals surface area contributed by atoms with E-state index in [-0.39, 0.29) is 0 Å². The molecule has 2 atom stereocenters. The number of halogens is 1. The summed E-state index contributed by atoms with van der Waals surface area (Å²) in [4.78, 5) is 0. The van der Waals surface area contributed by atoms with Gasteiger partial charge in [-0.3, -0.25) is 16.0 Å². The van der Waals surface area contributed by atoms with Crippen LogP contribution in [-0.4, -0.2) is 15.8 Å². The fraction of sp³-hybridized carbons (Fsp3) is 0.786. The van der Waals surface area contributed by atoms with E-state index >= 15 is 0 Å². The SMILES string of the molecule is CCCCC(CC)C(Cc1c(Br)c(C)nn1C)NN. The maximum Gasteiger partial charge on any atom is 0.0738 e. The molecule has 5 heteroatoms. The Kier molecular flexibility index (Phi) is 7.04. The number of hydrazine groups is 1. The second-order valence-electron chi connectivity index (χ2n) is 5.26. The molecule has 110 valence electrons. The molecule has 2 unspecified atom stereocenters. The van der Waals surface area contributed by atoms with Crippen LogP contribution < -0.4 is 11.3 Å². The average Bonchev–Trinajstić information content (AvgIpc) is 2.64. The van der Waals surface area contributed by atoms with Crippen LogP contribution in [0.25, 0.3) is 0 Å². The molecular formula is C14H27BrN4. The summed E-state index contributed by atoms with van der Waals surface area (Å²) in [5.74, 6) is 6.40. The van der Waals surface area contributed by atoms with Crippen LogP contribution in [0.1, 0.15) is 50.9 Å². The summed E-state index contributed by atoms with van der Waals surface area (Å²) in [6.07, 6.45) is 5.81. The van der Waals surface area contributed by atoms with Crippen molar-refractivity contribution in [2.24, 2.45) is 18.8 Å². The number of aromatic nitrogens is 2. The van der Waals surface area contributed by atoms with Gasteiger partial charge in [0.2, 0.25) is 0 Å². The lowest BCUT2D eigenvalue weighted by atomic mass is 9.89. The van der Waals surface area contributed by atoms with Crippen LogP contribution in [0.4, 0.5) is 0 Å². The summed E-state index contributed by atoms with van der Waals surface area (Å²) in [6.45, 7) is 6.50. The first-order valence-corrected chi connectivity index (χ1v) is 7.98. The lowest BCUT2D eigenvalue weighted by Gasteiger charge is -2.25. The predicted molar refractivity (Wildman–Crippen MR) is 83.8 cm³/mol. The molecule has 0 aromatic carbocycles. The third kappa shape index (κ3) is 4.29. The van der Waals surface area contributed by atoms with Gasteiger partial charge in [0.25, 0.3) is 0 Å². The molecule has 19 heavy (non-hydrogen) atoms. The van der Waals surface area contributed by atoms with Crippen LogP contribution in [-0.2, 0) is 13.5 Å². The van der Waals surface area contributed by atoms with Crippen LogP contribution in [0, 0.1) is 12.8 Å². The van der Waals surface area contributed by atoms with Gasteiger partial charge < -0.3 is 0 Å². The van der Waals surface area contributed by atoms with Gasteiger partial charge in [0, 0.05) is 19.5 Å². The van der Waals surface area contributed by atoms with E-state index < -0.39 is 0 Å². The monoisotopic (exact) mass is 330 g/mol. The lowest BCUT2D eigenvalue weighted by molar-refractivity contribution is 0.314. The van der Waals surface area contributed by atoms with E-state index in [4.69, 9.17) is 5.84 Å². The van der Waals surface area contributed by atoms with Gasteiger partial charge in [-0.2, -0.15) is 5.10 Å². The average molecular weight is 331 g/mol. The first kappa shape index (κ1) is 16.7. The van der Waals surface area contributed by atoms with Crippen LogP contribution in [0.5, 0.6) is 0 Å². The third-order valence-corrected chi connectivity index (χ3v) is 4.94. The van der Waals surface area contributed by atoms with Crippen LogP contribution in [0.15, 0.2) is 4.47 Å². The predicted octanol–water partition coefficient (Wildman–Crippen LogP) is 3.08. The van der Waals surface area contributed by atoms with Crippen molar-refractivity contribution in [3.8, 4) is 0 Å². The van der Waals surface area contributed by atoms with E-state index in [9.17, 15) is 0 Å². The van der Waals surface area contributed by atoms with Gasteiger partial charge in [0.1, 0.15) is 0 Å². The number of hydrogen-bond donors (Lipinski definition) is 2. The molecule has 0 bridgehead atoms. The number of hydrogen-bond acceptors (Lipinski definition) is 3. The maximum atomic E-state index is 5.78. The normalized spacial score (nSPS) is 14.6. The van der Waals surface area contributed by atoms with E-state index in [2.05, 4.69) is 40.3 Å². The molecule has 0 fully saturated rings. The van der Waals surface area contributed by atoms with E-state index in [1.807, 2.05) is 18.7 Å². The van der Waals surface area contributed by atoms with Crippen molar-refractivity contribution in [2.45, 2.75) is 58.9 Å². The van der Waals surface area contributed by atoms with Crippen molar-refractivity contribution < 1.29 is 0 Å². The van der Waals surface area contributed by atoms with Crippen molar-refractivity contribution in [3.63, 3.8) is 0 Å². The van der Waals surface area contributed by atoms with Gasteiger partial charge in [-0.05, 0) is 35.2 Å². The topological polar surface area (TPSA) is 55.9 Å². The van der Waals surface area contributed by atoms with Gasteiger partial charge in [-0.25, -0.2) is 0 Å². The number of nitrogens with two attached hydrogens (primary N) is 1. The molecule has 0 saturated heterocycles. The third-order valence-electron chi connectivity index (χ3n) is 3.91. The Bertz CT molecular complexity index is 389. The Labute approximate surface area is 125 Å². The minimum Gasteiger partial charge on any atom is -0.271 e. The Hall–Kier alpha value is -0.390. The first-order valence-electron chi connectivity index (χ1n) is 7.19. The molecular weight excluding hydrogens is 304 g/mol. The molecule has 1 rings (SSSR count). The van der Waals surface area contributed by atoms with Gasteiger partial charge >= 0.3 is 0 Å². The van der Waals surface area contributed by atoms with Gasteiger partial charge in [0.05, 0.1) is 15.9 Å². The Morgan fingerprint density at radius 1 is 1.42 bits per heavy atom. The number of nitrogens with one attached hydrogen (secondary N) is 1. The van der Waals surface area contributed by atoms with Crippen molar-refractivity contribution in [3.05, 3.63) is 15.9 Å². The molecule has 0 amide bonds. The van der Waals surface area contributed by atoms with Crippen LogP contribution in [0.2, 0.25) is 0 Å². The zero-order valence-corrected chi connectivity index (χ0v) is 14.1. The Morgan fingerprint density at radius 3 is 2.53 bits per heavy atom. The molecule has 1 aromatic heterocycles. The molecule has 4 nitrogen and oxygen atoms in total. The van der Waals surface area contributed by atoms with Gasteiger partial charge in [-0.15, -0.1) is 0 Å². The molecule has 1 heterocycles. The second kappa shape index (κ2) is 8.02. The highest BCUT2D eigenvalue weighted by atomic mass is 79.9. The highest BCUT2D eigenvalue weighted by Gasteiger charge is 2.22. The van der Waals surface area contributed by atoms with Crippen LogP contribution in [0.3, 0.4) is 0 Å². The zero-order chi connectivity index (χ0) is 14.4. The molecule has 0 aliphatic heterocycles. The molecule has 0 spiro atoms. The zero-order valence-electron chi connectivity index (χ0n) is 12.5. The highest BCUT2D eigenvalue weighted by molar-refractivity contribution is 9.10. The Balaban J connectivity index is 2.79. The fourth-order valence-electron chi connectivity index (χ4n) is 2.63. The highest BCUT2D eigenvalue weighted by Crippen LogP contribution is 2.25. The minimum atomic E-state index is 0.308. The smallest absolute Gasteiger partial charge is 0.0738 e. The number of nitrogens with zero attached hydrogens (tertiary/aromatic N) is 2.